The first-order valence-corrected chi connectivity index (χ1v) is 10.3. The van der Waals surface area contributed by atoms with E-state index in [1.807, 2.05) is 12.2 Å². The molecule has 5 atom stereocenters. The molecule has 0 aromatic rings. The molecule has 2 aliphatic rings. The Morgan fingerprint density at radius 2 is 2.11 bits per heavy atom. The number of ether oxygens (including phenoxy) is 1. The van der Waals surface area contributed by atoms with Gasteiger partial charge in [0, 0.05) is 11.9 Å². The van der Waals surface area contributed by atoms with Crippen LogP contribution in [0, 0.1) is 17.3 Å². The number of carbonyl (C=O) groups excluding carboxylic acids is 1. The maximum atomic E-state index is 14.9. The smallest absolute Gasteiger partial charge is 0.550 e. The number of halogens is 1. The molecule has 28 heavy (non-hydrogen) atoms. The molecule has 4 nitrogen and oxygen atoms in total. The fourth-order valence-electron chi connectivity index (χ4n) is 4.15. The van der Waals surface area contributed by atoms with E-state index in [0.29, 0.717) is 18.6 Å². The van der Waals surface area contributed by atoms with Crippen LogP contribution in [0.2, 0.25) is 0 Å². The number of unbranched alkanes of at least 4 members (excludes halogenated alkanes) is 2. The van der Waals surface area contributed by atoms with Crippen LogP contribution >= 0.6 is 0 Å². The standard InChI is InChI=1S/C22H35FO4.Na/c1-4-5-14-22(2,3)18(24)13-11-15-10-12-16-20(15)21(23)17(27-16)8-6-7-9-19(25)26;/h8,11,13,15-16,18,20-21,24H,4-7,9-10,12,14H2,1-3H3,(H,25,26);/q;+1/p-1/b13-11+,17-8-;/t15-,16-,18-,20-,21?;/m1./s1. The number of hydrogen-bond donors (Lipinski definition) is 1. The number of allylic oxidation sites excluding steroid dienone is 3. The largest absolute Gasteiger partial charge is 1.00 e. The minimum Gasteiger partial charge on any atom is -0.550 e. The fraction of sp³-hybridized carbons (Fsp3) is 0.773. The zero-order valence-electron chi connectivity index (χ0n) is 17.8. The molecule has 1 saturated heterocycles. The molecule has 0 aromatic carbocycles. The van der Waals surface area contributed by atoms with Gasteiger partial charge >= 0.3 is 29.6 Å². The summed E-state index contributed by atoms with van der Waals surface area (Å²) < 4.78 is 20.7. The van der Waals surface area contributed by atoms with Crippen molar-refractivity contribution in [3.05, 3.63) is 24.0 Å². The molecular weight excluding hydrogens is 370 g/mol. The third-order valence-corrected chi connectivity index (χ3v) is 6.05. The SMILES string of the molecule is CCCCC(C)(C)[C@H](O)/C=C/[C@H]1CC[C@H]2O/C(=C\CCCC(=O)[O-])C(F)[C@H]12.[Na+]. The Balaban J connectivity index is 0.00000392. The molecule has 0 radical (unpaired) electrons. The van der Waals surface area contributed by atoms with Crippen LogP contribution in [-0.4, -0.2) is 29.5 Å². The average Bonchev–Trinajstić information content (AvgIpc) is 3.15. The van der Waals surface area contributed by atoms with Gasteiger partial charge in [0.25, 0.3) is 0 Å². The van der Waals surface area contributed by atoms with Gasteiger partial charge in [-0.1, -0.05) is 45.8 Å². The molecule has 1 aliphatic heterocycles. The Kier molecular flexibility index (Phi) is 10.8. The topological polar surface area (TPSA) is 69.6 Å². The number of carboxylic acids is 1. The van der Waals surface area contributed by atoms with Crippen molar-refractivity contribution < 1.29 is 53.7 Å². The van der Waals surface area contributed by atoms with Gasteiger partial charge in [-0.3, -0.25) is 0 Å². The van der Waals surface area contributed by atoms with E-state index in [1.54, 1.807) is 6.08 Å². The molecule has 1 N–H and O–H groups in total. The third kappa shape index (κ3) is 6.86. The number of aliphatic carboxylic acids is 1. The Bertz CT molecular complexity index is 561. The van der Waals surface area contributed by atoms with Crippen LogP contribution in [0.25, 0.3) is 0 Å². The molecular formula is C22H34FNaO4. The van der Waals surface area contributed by atoms with Gasteiger partial charge in [-0.15, -0.1) is 0 Å². The van der Waals surface area contributed by atoms with Crippen molar-refractivity contribution in [1.82, 2.24) is 0 Å². The molecule has 2 fully saturated rings. The summed E-state index contributed by atoms with van der Waals surface area (Å²) in [5, 5.41) is 21.0. The van der Waals surface area contributed by atoms with E-state index in [-0.39, 0.29) is 59.3 Å². The predicted octanol–water partition coefficient (Wildman–Crippen LogP) is 0.691. The Labute approximate surface area is 190 Å². The second-order valence-electron chi connectivity index (χ2n) is 8.67. The summed E-state index contributed by atoms with van der Waals surface area (Å²) in [6.45, 7) is 6.28. The second kappa shape index (κ2) is 11.7. The zero-order chi connectivity index (χ0) is 20.0. The zero-order valence-corrected chi connectivity index (χ0v) is 19.8. The molecule has 1 aliphatic carbocycles. The fourth-order valence-corrected chi connectivity index (χ4v) is 4.15. The summed E-state index contributed by atoms with van der Waals surface area (Å²) in [6.07, 6.45) is 9.42. The van der Waals surface area contributed by atoms with Crippen molar-refractivity contribution >= 4 is 5.97 Å². The first-order valence-electron chi connectivity index (χ1n) is 10.3. The number of carboxylic acid groups (broad SMARTS) is 1. The van der Waals surface area contributed by atoms with Crippen LogP contribution in [0.5, 0.6) is 0 Å². The van der Waals surface area contributed by atoms with Crippen LogP contribution in [0.3, 0.4) is 0 Å². The summed E-state index contributed by atoms with van der Waals surface area (Å²) in [7, 11) is 0. The summed E-state index contributed by atoms with van der Waals surface area (Å²) in [4.78, 5) is 10.5. The maximum Gasteiger partial charge on any atom is 1.00 e. The molecule has 2 rings (SSSR count). The number of fused-ring (bicyclic) bond motifs is 1. The van der Waals surface area contributed by atoms with Gasteiger partial charge in [-0.2, -0.15) is 0 Å². The normalized spacial score (nSPS) is 29.5. The van der Waals surface area contributed by atoms with E-state index in [4.69, 9.17) is 4.74 Å². The minimum absolute atomic E-state index is 0. The summed E-state index contributed by atoms with van der Waals surface area (Å²) in [6, 6.07) is 0. The van der Waals surface area contributed by atoms with Gasteiger partial charge in [0.05, 0.1) is 6.10 Å². The number of rotatable bonds is 10. The van der Waals surface area contributed by atoms with E-state index >= 15 is 0 Å². The molecule has 154 valence electrons. The Morgan fingerprint density at radius 3 is 2.75 bits per heavy atom. The van der Waals surface area contributed by atoms with Crippen LogP contribution < -0.4 is 34.7 Å². The van der Waals surface area contributed by atoms with Crippen LogP contribution in [-0.2, 0) is 9.53 Å². The summed E-state index contributed by atoms with van der Waals surface area (Å²) in [5.41, 5.74) is -0.185. The Morgan fingerprint density at radius 1 is 1.39 bits per heavy atom. The molecule has 1 heterocycles. The molecule has 0 aromatic heterocycles. The van der Waals surface area contributed by atoms with Crippen molar-refractivity contribution in [1.29, 1.82) is 0 Å². The molecule has 0 bridgehead atoms. The number of hydrogen-bond acceptors (Lipinski definition) is 4. The van der Waals surface area contributed by atoms with E-state index < -0.39 is 18.2 Å². The predicted molar refractivity (Wildman–Crippen MR) is 101 cm³/mol. The Hall–Kier alpha value is -0.360. The van der Waals surface area contributed by atoms with Crippen molar-refractivity contribution in [3.63, 3.8) is 0 Å². The van der Waals surface area contributed by atoms with Crippen molar-refractivity contribution in [3.8, 4) is 0 Å². The molecule has 6 heteroatoms. The maximum absolute atomic E-state index is 14.9. The minimum atomic E-state index is -1.15. The third-order valence-electron chi connectivity index (χ3n) is 6.05. The first kappa shape index (κ1) is 25.7. The van der Waals surface area contributed by atoms with E-state index in [1.165, 1.54) is 0 Å². The van der Waals surface area contributed by atoms with Gasteiger partial charge in [-0.05, 0) is 55.9 Å². The summed E-state index contributed by atoms with van der Waals surface area (Å²) >= 11 is 0. The van der Waals surface area contributed by atoms with Gasteiger partial charge in [0.2, 0.25) is 0 Å². The number of aliphatic hydroxyl groups is 1. The molecule has 0 amide bonds. The average molecular weight is 404 g/mol. The van der Waals surface area contributed by atoms with Crippen molar-refractivity contribution in [2.24, 2.45) is 17.3 Å². The molecule has 1 unspecified atom stereocenters. The van der Waals surface area contributed by atoms with Gasteiger partial charge in [0.1, 0.15) is 11.9 Å². The van der Waals surface area contributed by atoms with E-state index in [9.17, 15) is 19.4 Å². The second-order valence-corrected chi connectivity index (χ2v) is 8.67. The number of aliphatic hydroxyl groups excluding tert-OH is 1. The van der Waals surface area contributed by atoms with E-state index in [0.717, 1.165) is 32.1 Å². The number of alkyl halides is 1. The van der Waals surface area contributed by atoms with Gasteiger partial charge in [0.15, 0.2) is 6.17 Å². The van der Waals surface area contributed by atoms with Crippen LogP contribution in [0.1, 0.15) is 72.1 Å². The van der Waals surface area contributed by atoms with Gasteiger partial charge < -0.3 is 19.7 Å². The van der Waals surface area contributed by atoms with E-state index in [2.05, 4.69) is 20.8 Å². The molecule has 1 saturated carbocycles. The molecule has 0 spiro atoms. The van der Waals surface area contributed by atoms with Crippen LogP contribution in [0.15, 0.2) is 24.0 Å². The number of carbonyl (C=O) groups is 1. The monoisotopic (exact) mass is 404 g/mol. The quantitative estimate of drug-likeness (QED) is 0.331. The van der Waals surface area contributed by atoms with Crippen molar-refractivity contribution in [2.75, 3.05) is 0 Å². The first-order chi connectivity index (χ1) is 12.8. The summed E-state index contributed by atoms with van der Waals surface area (Å²) in [5.74, 6) is -0.874. The van der Waals surface area contributed by atoms with Gasteiger partial charge in [-0.25, -0.2) is 4.39 Å². The van der Waals surface area contributed by atoms with Crippen LogP contribution in [0.4, 0.5) is 4.39 Å². The van der Waals surface area contributed by atoms with Crippen molar-refractivity contribution in [2.45, 2.75) is 90.5 Å².